The zero-order chi connectivity index (χ0) is 19.0. The largest absolute Gasteiger partial charge is 0.489 e. The van der Waals surface area contributed by atoms with Crippen LogP contribution < -0.4 is 4.74 Å². The topological polar surface area (TPSA) is 52.6 Å². The maximum atomic E-state index is 13.4. The van der Waals surface area contributed by atoms with Crippen molar-refractivity contribution in [1.82, 2.24) is 0 Å². The molecule has 0 unspecified atom stereocenters. The summed E-state index contributed by atoms with van der Waals surface area (Å²) in [5.41, 5.74) is 1.88. The van der Waals surface area contributed by atoms with Crippen LogP contribution in [0.2, 0.25) is 5.02 Å². The van der Waals surface area contributed by atoms with Crippen LogP contribution in [-0.2, 0) is 9.53 Å². The standard InChI is InChI=1S/C22H19ClO4/c1-2-26-22(25)15-9-11-18-20(19(15)13-6-4-3-5-7-13)21(24)16-12-14(23)8-10-17(16)27-18/h3-10,12,18-20H,2,11H2,1H3/t18-,19-,20+/m1/s1. The zero-order valence-corrected chi connectivity index (χ0v) is 15.6. The summed E-state index contributed by atoms with van der Waals surface area (Å²) < 4.78 is 11.4. The Morgan fingerprint density at radius 1 is 1.22 bits per heavy atom. The molecule has 27 heavy (non-hydrogen) atoms. The molecule has 0 amide bonds. The Labute approximate surface area is 162 Å². The lowest BCUT2D eigenvalue weighted by atomic mass is 9.69. The molecule has 138 valence electrons. The number of carbonyl (C=O) groups is 2. The first kappa shape index (κ1) is 17.8. The van der Waals surface area contributed by atoms with Gasteiger partial charge in [0.05, 0.1) is 18.1 Å². The molecule has 3 atom stereocenters. The quantitative estimate of drug-likeness (QED) is 0.729. The lowest BCUT2D eigenvalue weighted by Gasteiger charge is -2.40. The molecule has 0 spiro atoms. The SMILES string of the molecule is CCOC(=O)C1=CC[C@H]2Oc3ccc(Cl)cc3C(=O)[C@@H]2[C@@H]1c1ccccc1. The van der Waals surface area contributed by atoms with Crippen LogP contribution in [0.25, 0.3) is 0 Å². The van der Waals surface area contributed by atoms with Crippen molar-refractivity contribution in [1.29, 1.82) is 0 Å². The van der Waals surface area contributed by atoms with Crippen LogP contribution in [0.5, 0.6) is 5.75 Å². The average Bonchev–Trinajstić information content (AvgIpc) is 2.69. The maximum Gasteiger partial charge on any atom is 0.334 e. The number of benzene rings is 2. The Kier molecular flexibility index (Phi) is 4.75. The minimum absolute atomic E-state index is 0.0486. The molecular formula is C22H19ClO4. The van der Waals surface area contributed by atoms with E-state index in [1.54, 1.807) is 25.1 Å². The van der Waals surface area contributed by atoms with Crippen LogP contribution in [-0.4, -0.2) is 24.5 Å². The third-order valence-electron chi connectivity index (χ3n) is 5.12. The minimum atomic E-state index is -0.497. The maximum absolute atomic E-state index is 13.4. The molecule has 1 aliphatic carbocycles. The molecule has 0 fully saturated rings. The monoisotopic (exact) mass is 382 g/mol. The molecular weight excluding hydrogens is 364 g/mol. The summed E-state index contributed by atoms with van der Waals surface area (Å²) >= 11 is 6.10. The van der Waals surface area contributed by atoms with Gasteiger partial charge in [-0.25, -0.2) is 4.79 Å². The molecule has 2 aliphatic rings. The van der Waals surface area contributed by atoms with Crippen molar-refractivity contribution in [3.8, 4) is 5.75 Å². The third kappa shape index (κ3) is 3.15. The fourth-order valence-electron chi connectivity index (χ4n) is 3.98. The second kappa shape index (κ2) is 7.20. The number of halogens is 1. The van der Waals surface area contributed by atoms with Gasteiger partial charge in [-0.3, -0.25) is 4.79 Å². The summed E-state index contributed by atoms with van der Waals surface area (Å²) in [5.74, 6) is -0.793. The van der Waals surface area contributed by atoms with Gasteiger partial charge in [-0.2, -0.15) is 0 Å². The average molecular weight is 383 g/mol. The molecule has 1 aliphatic heterocycles. The number of rotatable bonds is 3. The Hall–Kier alpha value is -2.59. The molecule has 2 aromatic carbocycles. The van der Waals surface area contributed by atoms with Gasteiger partial charge in [-0.05, 0) is 30.7 Å². The predicted molar refractivity (Wildman–Crippen MR) is 102 cm³/mol. The lowest BCUT2D eigenvalue weighted by molar-refractivity contribution is -0.139. The van der Waals surface area contributed by atoms with Crippen LogP contribution >= 0.6 is 11.6 Å². The van der Waals surface area contributed by atoms with E-state index >= 15 is 0 Å². The molecule has 4 nitrogen and oxygen atoms in total. The first-order chi connectivity index (χ1) is 13.1. The highest BCUT2D eigenvalue weighted by atomic mass is 35.5. The van der Waals surface area contributed by atoms with Crippen molar-refractivity contribution in [2.24, 2.45) is 5.92 Å². The summed E-state index contributed by atoms with van der Waals surface area (Å²) in [6.45, 7) is 2.06. The van der Waals surface area contributed by atoms with E-state index in [0.29, 0.717) is 28.3 Å². The summed E-state index contributed by atoms with van der Waals surface area (Å²) in [6, 6.07) is 14.7. The van der Waals surface area contributed by atoms with E-state index in [1.807, 2.05) is 36.4 Å². The van der Waals surface area contributed by atoms with Gasteiger partial charge >= 0.3 is 5.97 Å². The van der Waals surface area contributed by atoms with E-state index in [4.69, 9.17) is 21.1 Å². The van der Waals surface area contributed by atoms with E-state index in [2.05, 4.69) is 0 Å². The number of hydrogen-bond acceptors (Lipinski definition) is 4. The summed E-state index contributed by atoms with van der Waals surface area (Å²) in [4.78, 5) is 26.0. The van der Waals surface area contributed by atoms with E-state index in [9.17, 15) is 9.59 Å². The Balaban J connectivity index is 1.82. The van der Waals surface area contributed by atoms with Gasteiger partial charge in [0.2, 0.25) is 0 Å². The number of hydrogen-bond donors (Lipinski definition) is 0. The van der Waals surface area contributed by atoms with Crippen LogP contribution in [0.1, 0.15) is 35.2 Å². The molecule has 0 saturated carbocycles. The Morgan fingerprint density at radius 3 is 2.74 bits per heavy atom. The molecule has 2 aromatic rings. The van der Waals surface area contributed by atoms with Gasteiger partial charge in [-0.1, -0.05) is 48.0 Å². The highest BCUT2D eigenvalue weighted by Gasteiger charge is 2.47. The van der Waals surface area contributed by atoms with Gasteiger partial charge < -0.3 is 9.47 Å². The van der Waals surface area contributed by atoms with Gasteiger partial charge in [0.1, 0.15) is 11.9 Å². The summed E-state index contributed by atoms with van der Waals surface area (Å²) in [7, 11) is 0. The van der Waals surface area contributed by atoms with Crippen molar-refractivity contribution < 1.29 is 19.1 Å². The molecule has 0 saturated heterocycles. The molecule has 0 radical (unpaired) electrons. The lowest BCUT2D eigenvalue weighted by Crippen LogP contribution is -2.44. The van der Waals surface area contributed by atoms with Crippen molar-refractivity contribution in [2.75, 3.05) is 6.61 Å². The van der Waals surface area contributed by atoms with E-state index in [-0.39, 0.29) is 24.5 Å². The summed E-state index contributed by atoms with van der Waals surface area (Å²) in [6.07, 6.45) is 2.01. The van der Waals surface area contributed by atoms with Crippen LogP contribution in [0.3, 0.4) is 0 Å². The molecule has 1 heterocycles. The van der Waals surface area contributed by atoms with E-state index in [1.165, 1.54) is 0 Å². The molecule has 0 bridgehead atoms. The third-order valence-corrected chi connectivity index (χ3v) is 5.36. The highest BCUT2D eigenvalue weighted by molar-refractivity contribution is 6.31. The van der Waals surface area contributed by atoms with Crippen molar-refractivity contribution in [2.45, 2.75) is 25.4 Å². The van der Waals surface area contributed by atoms with Crippen LogP contribution in [0, 0.1) is 5.92 Å². The molecule has 5 heteroatoms. The smallest absolute Gasteiger partial charge is 0.334 e. The minimum Gasteiger partial charge on any atom is -0.489 e. The normalized spacial score (nSPS) is 23.6. The predicted octanol–water partition coefficient (Wildman–Crippen LogP) is 4.58. The molecule has 4 rings (SSSR count). The van der Waals surface area contributed by atoms with Crippen molar-refractivity contribution in [3.63, 3.8) is 0 Å². The number of carbonyl (C=O) groups excluding carboxylic acids is 2. The summed E-state index contributed by atoms with van der Waals surface area (Å²) in [5, 5.41) is 0.484. The fraction of sp³-hybridized carbons (Fsp3) is 0.273. The number of fused-ring (bicyclic) bond motifs is 2. The van der Waals surface area contributed by atoms with Gasteiger partial charge in [0, 0.05) is 22.9 Å². The number of esters is 1. The first-order valence-corrected chi connectivity index (χ1v) is 9.40. The number of ether oxygens (including phenoxy) is 2. The number of Topliss-reactive ketones (excluding diaryl/α,β-unsaturated/α-hetero) is 1. The van der Waals surface area contributed by atoms with Gasteiger partial charge in [0.25, 0.3) is 0 Å². The van der Waals surface area contributed by atoms with E-state index < -0.39 is 11.8 Å². The van der Waals surface area contributed by atoms with Gasteiger partial charge in [0.15, 0.2) is 5.78 Å². The highest BCUT2D eigenvalue weighted by Crippen LogP contribution is 2.46. The fourth-order valence-corrected chi connectivity index (χ4v) is 4.15. The van der Waals surface area contributed by atoms with Crippen LogP contribution in [0.4, 0.5) is 0 Å². The van der Waals surface area contributed by atoms with Crippen LogP contribution in [0.15, 0.2) is 60.2 Å². The second-order valence-electron chi connectivity index (χ2n) is 6.69. The van der Waals surface area contributed by atoms with Crippen molar-refractivity contribution >= 4 is 23.4 Å². The van der Waals surface area contributed by atoms with Crippen molar-refractivity contribution in [3.05, 3.63) is 76.3 Å². The first-order valence-electron chi connectivity index (χ1n) is 9.02. The van der Waals surface area contributed by atoms with E-state index in [0.717, 1.165) is 5.56 Å². The molecule has 0 N–H and O–H groups in total. The van der Waals surface area contributed by atoms with Gasteiger partial charge in [-0.15, -0.1) is 0 Å². The second-order valence-corrected chi connectivity index (χ2v) is 7.13. The Bertz CT molecular complexity index is 919. The Morgan fingerprint density at radius 2 is 2.00 bits per heavy atom. The zero-order valence-electron chi connectivity index (χ0n) is 14.9. The molecule has 0 aromatic heterocycles. The number of ketones is 1.